The van der Waals surface area contributed by atoms with E-state index in [1.54, 1.807) is 7.11 Å². The number of hydrogen-bond donors (Lipinski definition) is 2. The van der Waals surface area contributed by atoms with E-state index in [2.05, 4.69) is 5.16 Å². The van der Waals surface area contributed by atoms with Crippen molar-refractivity contribution in [2.75, 3.05) is 20.3 Å². The molecule has 5 nitrogen and oxygen atoms in total. The first-order valence-corrected chi connectivity index (χ1v) is 5.02. The lowest BCUT2D eigenvalue weighted by Gasteiger charge is -2.23. The molecule has 0 radical (unpaired) electrons. The Morgan fingerprint density at radius 2 is 2.13 bits per heavy atom. The van der Waals surface area contributed by atoms with Gasteiger partial charge in [0.2, 0.25) is 0 Å². The van der Waals surface area contributed by atoms with Gasteiger partial charge in [0.1, 0.15) is 5.84 Å². The zero-order chi connectivity index (χ0) is 11.9. The molecule has 0 aliphatic rings. The van der Waals surface area contributed by atoms with Crippen LogP contribution in [0, 0.1) is 5.41 Å². The van der Waals surface area contributed by atoms with Gasteiger partial charge in [0, 0.05) is 19.1 Å². The zero-order valence-electron chi connectivity index (χ0n) is 9.99. The highest BCUT2D eigenvalue weighted by atomic mass is 16.5. The summed E-state index contributed by atoms with van der Waals surface area (Å²) in [7, 11) is 1.64. The maximum absolute atomic E-state index is 8.57. The summed E-state index contributed by atoms with van der Waals surface area (Å²) >= 11 is 0. The molecule has 90 valence electrons. The van der Waals surface area contributed by atoms with E-state index >= 15 is 0 Å². The number of nitrogens with two attached hydrogens (primary N) is 1. The van der Waals surface area contributed by atoms with Crippen molar-refractivity contribution in [1.82, 2.24) is 0 Å². The molecule has 1 atom stereocenters. The normalized spacial score (nSPS) is 15.3. The van der Waals surface area contributed by atoms with Crippen molar-refractivity contribution < 1.29 is 14.7 Å². The van der Waals surface area contributed by atoms with E-state index in [1.165, 1.54) is 0 Å². The Morgan fingerprint density at radius 1 is 1.53 bits per heavy atom. The Balaban J connectivity index is 3.85. The molecule has 0 fully saturated rings. The van der Waals surface area contributed by atoms with E-state index in [1.807, 2.05) is 20.8 Å². The van der Waals surface area contributed by atoms with E-state index in [-0.39, 0.29) is 17.4 Å². The third-order valence-electron chi connectivity index (χ3n) is 2.33. The average molecular weight is 218 g/mol. The Hall–Kier alpha value is -0.810. The highest BCUT2D eigenvalue weighted by molar-refractivity contribution is 5.85. The van der Waals surface area contributed by atoms with Crippen LogP contribution in [0.3, 0.4) is 0 Å². The summed E-state index contributed by atoms with van der Waals surface area (Å²) < 4.78 is 10.4. The number of rotatable bonds is 7. The van der Waals surface area contributed by atoms with E-state index < -0.39 is 0 Å². The number of ether oxygens (including phenoxy) is 2. The lowest BCUT2D eigenvalue weighted by atomic mass is 9.88. The number of nitrogens with zero attached hydrogens (tertiary/aromatic N) is 1. The van der Waals surface area contributed by atoms with Crippen LogP contribution in [0.5, 0.6) is 0 Å². The summed E-state index contributed by atoms with van der Waals surface area (Å²) in [4.78, 5) is 0. The van der Waals surface area contributed by atoms with Gasteiger partial charge in [0.05, 0.1) is 12.7 Å². The van der Waals surface area contributed by atoms with E-state index in [0.717, 1.165) is 0 Å². The lowest BCUT2D eigenvalue weighted by molar-refractivity contribution is 0.00252. The minimum absolute atomic E-state index is 0.0677. The second kappa shape index (κ2) is 6.63. The van der Waals surface area contributed by atoms with Gasteiger partial charge in [-0.2, -0.15) is 0 Å². The van der Waals surface area contributed by atoms with Gasteiger partial charge >= 0.3 is 0 Å². The fourth-order valence-electron chi connectivity index (χ4n) is 1.06. The fraction of sp³-hybridized carbons (Fsp3) is 0.900. The summed E-state index contributed by atoms with van der Waals surface area (Å²) in [6, 6.07) is 0. The topological polar surface area (TPSA) is 77.1 Å². The van der Waals surface area contributed by atoms with Crippen molar-refractivity contribution in [1.29, 1.82) is 0 Å². The summed E-state index contributed by atoms with van der Waals surface area (Å²) in [5.41, 5.74) is 5.20. The van der Waals surface area contributed by atoms with Crippen molar-refractivity contribution in [3.05, 3.63) is 0 Å². The Bertz CT molecular complexity index is 205. The van der Waals surface area contributed by atoms with Crippen molar-refractivity contribution in [3.63, 3.8) is 0 Å². The molecule has 0 aromatic rings. The first-order valence-electron chi connectivity index (χ1n) is 5.02. The predicted molar refractivity (Wildman–Crippen MR) is 59.1 cm³/mol. The number of amidine groups is 1. The molecule has 0 spiro atoms. The van der Waals surface area contributed by atoms with Gasteiger partial charge in [0.25, 0.3) is 0 Å². The first-order chi connectivity index (χ1) is 6.94. The quantitative estimate of drug-likeness (QED) is 0.291. The van der Waals surface area contributed by atoms with Crippen LogP contribution in [0.4, 0.5) is 0 Å². The molecule has 0 bridgehead atoms. The van der Waals surface area contributed by atoms with Gasteiger partial charge in [-0.25, -0.2) is 0 Å². The highest BCUT2D eigenvalue weighted by Crippen LogP contribution is 2.20. The van der Waals surface area contributed by atoms with Crippen molar-refractivity contribution in [2.24, 2.45) is 16.3 Å². The minimum Gasteiger partial charge on any atom is -0.409 e. The van der Waals surface area contributed by atoms with Crippen LogP contribution in [0.25, 0.3) is 0 Å². The van der Waals surface area contributed by atoms with E-state index in [4.69, 9.17) is 20.4 Å². The first kappa shape index (κ1) is 14.2. The van der Waals surface area contributed by atoms with Crippen LogP contribution in [-0.2, 0) is 9.47 Å². The summed E-state index contributed by atoms with van der Waals surface area (Å²) in [5, 5.41) is 11.6. The zero-order valence-corrected chi connectivity index (χ0v) is 9.99. The van der Waals surface area contributed by atoms with Crippen molar-refractivity contribution >= 4 is 5.84 Å². The van der Waals surface area contributed by atoms with Crippen LogP contribution < -0.4 is 5.73 Å². The third-order valence-corrected chi connectivity index (χ3v) is 2.33. The molecule has 3 N–H and O–H groups in total. The number of methoxy groups -OCH3 is 1. The average Bonchev–Trinajstić information content (AvgIpc) is 2.16. The SMILES string of the molecule is COCC(C)OCCC(C)(C)C(N)=NO. The third kappa shape index (κ3) is 5.59. The molecular formula is C10H22N2O3. The summed E-state index contributed by atoms with van der Waals surface area (Å²) in [5.74, 6) is 0.227. The second-order valence-corrected chi connectivity index (χ2v) is 4.26. The summed E-state index contributed by atoms with van der Waals surface area (Å²) in [6.45, 7) is 6.90. The van der Waals surface area contributed by atoms with Gasteiger partial charge in [0.15, 0.2) is 0 Å². The van der Waals surface area contributed by atoms with Crippen LogP contribution in [0.2, 0.25) is 0 Å². The second-order valence-electron chi connectivity index (χ2n) is 4.26. The van der Waals surface area contributed by atoms with E-state index in [0.29, 0.717) is 19.6 Å². The lowest BCUT2D eigenvalue weighted by Crippen LogP contribution is -2.33. The minimum atomic E-state index is -0.346. The Kier molecular flexibility index (Phi) is 6.27. The number of oxime groups is 1. The molecule has 0 aromatic carbocycles. The van der Waals surface area contributed by atoms with Gasteiger partial charge in [-0.1, -0.05) is 19.0 Å². The Morgan fingerprint density at radius 3 is 2.60 bits per heavy atom. The molecule has 15 heavy (non-hydrogen) atoms. The van der Waals surface area contributed by atoms with Crippen molar-refractivity contribution in [2.45, 2.75) is 33.3 Å². The molecule has 0 rings (SSSR count). The molecule has 0 aromatic heterocycles. The van der Waals surface area contributed by atoms with Crippen LogP contribution >= 0.6 is 0 Å². The van der Waals surface area contributed by atoms with Crippen LogP contribution in [-0.4, -0.2) is 37.5 Å². The highest BCUT2D eigenvalue weighted by Gasteiger charge is 2.23. The number of hydrogen-bond acceptors (Lipinski definition) is 4. The molecule has 0 saturated carbocycles. The molecule has 5 heteroatoms. The van der Waals surface area contributed by atoms with Gasteiger partial charge < -0.3 is 20.4 Å². The summed E-state index contributed by atoms with van der Waals surface area (Å²) in [6.07, 6.45) is 0.773. The van der Waals surface area contributed by atoms with Crippen LogP contribution in [0.1, 0.15) is 27.2 Å². The molecule has 0 aliphatic heterocycles. The standard InChI is InChI=1S/C10H22N2O3/c1-8(7-14-4)15-6-5-10(2,3)9(11)12-13/h8,13H,5-7H2,1-4H3,(H2,11,12). The molecule has 0 heterocycles. The predicted octanol–water partition coefficient (Wildman–Crippen LogP) is 1.20. The molecular weight excluding hydrogens is 196 g/mol. The Labute approximate surface area is 91.2 Å². The maximum Gasteiger partial charge on any atom is 0.144 e. The van der Waals surface area contributed by atoms with Crippen LogP contribution in [0.15, 0.2) is 5.16 Å². The van der Waals surface area contributed by atoms with Gasteiger partial charge in [-0.15, -0.1) is 0 Å². The molecule has 0 saturated heterocycles. The molecule has 0 aliphatic carbocycles. The van der Waals surface area contributed by atoms with Gasteiger partial charge in [-0.05, 0) is 13.3 Å². The monoisotopic (exact) mass is 218 g/mol. The van der Waals surface area contributed by atoms with E-state index in [9.17, 15) is 0 Å². The van der Waals surface area contributed by atoms with Crippen molar-refractivity contribution in [3.8, 4) is 0 Å². The largest absolute Gasteiger partial charge is 0.409 e. The smallest absolute Gasteiger partial charge is 0.144 e. The maximum atomic E-state index is 8.57. The van der Waals surface area contributed by atoms with Gasteiger partial charge in [-0.3, -0.25) is 0 Å². The molecule has 1 unspecified atom stereocenters. The fourth-order valence-corrected chi connectivity index (χ4v) is 1.06. The molecule has 0 amide bonds.